The summed E-state index contributed by atoms with van der Waals surface area (Å²) in [5.74, 6) is -1.51. The molecule has 0 aromatic heterocycles. The topological polar surface area (TPSA) is 86.8 Å². The van der Waals surface area contributed by atoms with Gasteiger partial charge in [-0.1, -0.05) is 55.3 Å². The molecule has 0 saturated heterocycles. The lowest BCUT2D eigenvalue weighted by atomic mass is 10.1. The molecule has 0 bridgehead atoms. The Morgan fingerprint density at radius 2 is 1.68 bits per heavy atom. The van der Waals surface area contributed by atoms with Crippen LogP contribution in [0.2, 0.25) is 5.02 Å². The minimum atomic E-state index is -4.25. The molecule has 1 atom stereocenters. The zero-order chi connectivity index (χ0) is 27.7. The summed E-state index contributed by atoms with van der Waals surface area (Å²) in [7, 11) is -4.25. The summed E-state index contributed by atoms with van der Waals surface area (Å²) in [6.45, 7) is 3.54. The molecule has 0 heterocycles. The Labute approximate surface area is 228 Å². The van der Waals surface area contributed by atoms with E-state index in [0.29, 0.717) is 17.1 Å². The van der Waals surface area contributed by atoms with Crippen molar-refractivity contribution in [3.8, 4) is 0 Å². The molecule has 2 amide bonds. The van der Waals surface area contributed by atoms with E-state index < -0.39 is 34.3 Å². The molecule has 0 fully saturated rings. The number of amides is 2. The first-order valence-electron chi connectivity index (χ1n) is 12.3. The monoisotopic (exact) mass is 559 g/mol. The fraction of sp³-hybridized carbons (Fsp3) is 0.286. The number of halogens is 2. The van der Waals surface area contributed by atoms with Gasteiger partial charge in [0.2, 0.25) is 11.8 Å². The number of carbonyl (C=O) groups excluding carboxylic acids is 2. The minimum Gasteiger partial charge on any atom is -0.354 e. The van der Waals surface area contributed by atoms with E-state index in [1.165, 1.54) is 4.90 Å². The smallest absolute Gasteiger partial charge is 0.264 e. The number of rotatable bonds is 12. The number of nitrogens with one attached hydrogen (secondary N) is 1. The average Bonchev–Trinajstić information content (AvgIpc) is 2.90. The Balaban J connectivity index is 1.97. The lowest BCUT2D eigenvalue weighted by Crippen LogP contribution is -2.51. The minimum absolute atomic E-state index is 0.0426. The number of nitrogens with zero attached hydrogens (tertiary/aromatic N) is 2. The molecule has 3 aromatic rings. The highest BCUT2D eigenvalue weighted by Gasteiger charge is 2.32. The van der Waals surface area contributed by atoms with Crippen molar-refractivity contribution in [3.63, 3.8) is 0 Å². The predicted octanol–water partition coefficient (Wildman–Crippen LogP) is 5.01. The summed E-state index contributed by atoms with van der Waals surface area (Å²) >= 11 is 6.14. The van der Waals surface area contributed by atoms with E-state index in [9.17, 15) is 22.4 Å². The molecule has 7 nitrogen and oxygen atoms in total. The molecule has 0 saturated carbocycles. The molecule has 0 aliphatic carbocycles. The van der Waals surface area contributed by atoms with Gasteiger partial charge >= 0.3 is 0 Å². The molecule has 3 aromatic carbocycles. The summed E-state index contributed by atoms with van der Waals surface area (Å²) in [5.41, 5.74) is 0.944. The number of para-hydroxylation sites is 1. The maximum Gasteiger partial charge on any atom is 0.264 e. The third-order valence-corrected chi connectivity index (χ3v) is 7.99. The predicted molar refractivity (Wildman–Crippen MR) is 147 cm³/mol. The third kappa shape index (κ3) is 7.55. The zero-order valence-corrected chi connectivity index (χ0v) is 22.9. The molecule has 0 aliphatic rings. The summed E-state index contributed by atoms with van der Waals surface area (Å²) in [5, 5.41) is 3.31. The quantitative estimate of drug-likeness (QED) is 0.316. The Bertz CT molecular complexity index is 1340. The van der Waals surface area contributed by atoms with Crippen LogP contribution in [0.25, 0.3) is 0 Å². The van der Waals surface area contributed by atoms with Crippen molar-refractivity contribution in [3.05, 3.63) is 95.3 Å². The van der Waals surface area contributed by atoms with Gasteiger partial charge in [-0.3, -0.25) is 13.9 Å². The third-order valence-electron chi connectivity index (χ3n) is 5.96. The van der Waals surface area contributed by atoms with Crippen molar-refractivity contribution < 1.29 is 22.4 Å². The van der Waals surface area contributed by atoms with Gasteiger partial charge in [0, 0.05) is 18.1 Å². The maximum absolute atomic E-state index is 13.8. The van der Waals surface area contributed by atoms with Crippen LogP contribution in [0, 0.1) is 5.82 Å². The van der Waals surface area contributed by atoms with Crippen LogP contribution >= 0.6 is 11.6 Å². The van der Waals surface area contributed by atoms with Gasteiger partial charge in [-0.2, -0.15) is 0 Å². The molecular weight excluding hydrogens is 529 g/mol. The fourth-order valence-electron chi connectivity index (χ4n) is 3.81. The zero-order valence-electron chi connectivity index (χ0n) is 21.3. The van der Waals surface area contributed by atoms with Crippen LogP contribution in [0.5, 0.6) is 0 Å². The second-order valence-corrected chi connectivity index (χ2v) is 11.1. The standard InChI is InChI=1S/C28H31ClFN3O4S/c1-3-4-17-31-28(35)21(2)32(19-22-9-8-10-23(29)18-22)27(34)20-33(25-11-6-5-7-12-25)38(36,37)26-15-13-24(30)14-16-26/h5-16,18,21H,3-4,17,19-20H2,1-2H3,(H,31,35)/t21-/m1/s1. The van der Waals surface area contributed by atoms with Gasteiger partial charge in [-0.05, 0) is 67.4 Å². The van der Waals surface area contributed by atoms with Crippen LogP contribution in [-0.2, 0) is 26.2 Å². The first-order chi connectivity index (χ1) is 18.1. The first kappa shape index (κ1) is 29.1. The largest absolute Gasteiger partial charge is 0.354 e. The number of hydrogen-bond donors (Lipinski definition) is 1. The molecule has 1 N–H and O–H groups in total. The number of unbranched alkanes of at least 4 members (excludes halogenated alkanes) is 1. The summed E-state index contributed by atoms with van der Waals surface area (Å²) in [6, 6.07) is 18.6. The van der Waals surface area contributed by atoms with Gasteiger partial charge in [0.15, 0.2) is 0 Å². The number of carbonyl (C=O) groups is 2. The van der Waals surface area contributed by atoms with E-state index in [4.69, 9.17) is 11.6 Å². The highest BCUT2D eigenvalue weighted by Crippen LogP contribution is 2.25. The number of anilines is 1. The van der Waals surface area contributed by atoms with Crippen LogP contribution < -0.4 is 9.62 Å². The normalized spacial score (nSPS) is 12.0. The summed E-state index contributed by atoms with van der Waals surface area (Å²) in [4.78, 5) is 27.9. The molecule has 0 radical (unpaired) electrons. The fourth-order valence-corrected chi connectivity index (χ4v) is 5.43. The number of hydrogen-bond acceptors (Lipinski definition) is 4. The van der Waals surface area contributed by atoms with Crippen LogP contribution in [0.3, 0.4) is 0 Å². The van der Waals surface area contributed by atoms with Crippen molar-refractivity contribution in [2.24, 2.45) is 0 Å². The number of benzene rings is 3. The Kier molecular flexibility index (Phi) is 10.3. The van der Waals surface area contributed by atoms with Crippen LogP contribution in [0.1, 0.15) is 32.3 Å². The van der Waals surface area contributed by atoms with Gasteiger partial charge in [-0.15, -0.1) is 0 Å². The SMILES string of the molecule is CCCCNC(=O)[C@@H](C)N(Cc1cccc(Cl)c1)C(=O)CN(c1ccccc1)S(=O)(=O)c1ccc(F)cc1. The average molecular weight is 560 g/mol. The van der Waals surface area contributed by atoms with E-state index in [2.05, 4.69) is 5.32 Å². The molecular formula is C28H31ClFN3O4S. The van der Waals surface area contributed by atoms with Crippen LogP contribution in [-0.4, -0.2) is 44.3 Å². The van der Waals surface area contributed by atoms with E-state index in [1.54, 1.807) is 61.5 Å². The Morgan fingerprint density at radius 3 is 2.32 bits per heavy atom. The van der Waals surface area contributed by atoms with Crippen LogP contribution in [0.15, 0.2) is 83.8 Å². The maximum atomic E-state index is 13.8. The van der Waals surface area contributed by atoms with Gasteiger partial charge < -0.3 is 10.2 Å². The van der Waals surface area contributed by atoms with Crippen molar-refractivity contribution >= 4 is 39.1 Å². The lowest BCUT2D eigenvalue weighted by Gasteiger charge is -2.32. The highest BCUT2D eigenvalue weighted by atomic mass is 35.5. The van der Waals surface area contributed by atoms with Crippen molar-refractivity contribution in [2.75, 3.05) is 17.4 Å². The Hall–Kier alpha value is -3.43. The van der Waals surface area contributed by atoms with E-state index >= 15 is 0 Å². The highest BCUT2D eigenvalue weighted by molar-refractivity contribution is 7.92. The second-order valence-electron chi connectivity index (χ2n) is 8.77. The van der Waals surface area contributed by atoms with Gasteiger partial charge in [0.1, 0.15) is 18.4 Å². The van der Waals surface area contributed by atoms with E-state index in [-0.39, 0.29) is 23.0 Å². The molecule has 0 unspecified atom stereocenters. The number of sulfonamides is 1. The lowest BCUT2D eigenvalue weighted by molar-refractivity contribution is -0.139. The van der Waals surface area contributed by atoms with Gasteiger partial charge in [0.25, 0.3) is 10.0 Å². The van der Waals surface area contributed by atoms with E-state index in [1.807, 2.05) is 6.92 Å². The van der Waals surface area contributed by atoms with Crippen molar-refractivity contribution in [1.29, 1.82) is 0 Å². The van der Waals surface area contributed by atoms with Crippen molar-refractivity contribution in [1.82, 2.24) is 10.2 Å². The molecule has 38 heavy (non-hydrogen) atoms. The molecule has 202 valence electrons. The van der Waals surface area contributed by atoms with Gasteiger partial charge in [0.05, 0.1) is 10.6 Å². The van der Waals surface area contributed by atoms with Gasteiger partial charge in [-0.25, -0.2) is 12.8 Å². The second kappa shape index (κ2) is 13.4. The van der Waals surface area contributed by atoms with Crippen LogP contribution in [0.4, 0.5) is 10.1 Å². The summed E-state index contributed by atoms with van der Waals surface area (Å²) in [6.07, 6.45) is 1.69. The molecule has 0 aliphatic heterocycles. The first-order valence-corrected chi connectivity index (χ1v) is 14.1. The molecule has 3 rings (SSSR count). The van der Waals surface area contributed by atoms with E-state index in [0.717, 1.165) is 41.4 Å². The summed E-state index contributed by atoms with van der Waals surface area (Å²) < 4.78 is 41.7. The Morgan fingerprint density at radius 1 is 1.00 bits per heavy atom. The molecule has 0 spiro atoms. The van der Waals surface area contributed by atoms with Crippen molar-refractivity contribution in [2.45, 2.75) is 44.2 Å². The molecule has 10 heteroatoms.